The molecule has 9 heteroatoms. The molecule has 4 rings (SSSR count). The van der Waals surface area contributed by atoms with Crippen molar-refractivity contribution in [2.45, 2.75) is 13.3 Å². The van der Waals surface area contributed by atoms with E-state index < -0.39 is 0 Å². The molecule has 1 heterocycles. The van der Waals surface area contributed by atoms with E-state index in [1.54, 1.807) is 36.4 Å². The van der Waals surface area contributed by atoms with Gasteiger partial charge in [0.1, 0.15) is 6.54 Å². The molecule has 1 aliphatic rings. The van der Waals surface area contributed by atoms with Crippen molar-refractivity contribution in [1.82, 2.24) is 5.32 Å². The van der Waals surface area contributed by atoms with Crippen molar-refractivity contribution in [3.05, 3.63) is 125 Å². The third-order valence-electron chi connectivity index (χ3n) is 7.88. The number of aliphatic hydroxyl groups excluding tert-OH is 1. The number of hydrogen-bond donors (Lipinski definition) is 2. The third kappa shape index (κ3) is 8.28. The molecule has 0 spiro atoms. The van der Waals surface area contributed by atoms with Crippen LogP contribution in [0.5, 0.6) is 5.75 Å². The number of nitrogens with one attached hydrogen (secondary N) is 1. The van der Waals surface area contributed by atoms with Crippen LogP contribution < -0.4 is 15.0 Å². The number of quaternary nitrogens is 1. The fraction of sp³-hybridized carbons (Fsp3) is 0.243. The van der Waals surface area contributed by atoms with Gasteiger partial charge in [0, 0.05) is 31.5 Å². The summed E-state index contributed by atoms with van der Waals surface area (Å²) in [6.45, 7) is 12.2. The van der Waals surface area contributed by atoms with Gasteiger partial charge in [0.05, 0.1) is 63.3 Å². The van der Waals surface area contributed by atoms with E-state index in [1.807, 2.05) is 42.5 Å². The number of rotatable bonds is 13. The highest BCUT2D eigenvalue weighted by molar-refractivity contribution is 5.88. The Morgan fingerprint density at radius 2 is 1.74 bits per heavy atom. The number of benzene rings is 3. The molecule has 0 aromatic heterocycles. The first-order valence-electron chi connectivity index (χ1n) is 15.1. The zero-order chi connectivity index (χ0) is 32.9. The SMILES string of the molecule is [C-]#[N+]C(C#N)=C(C(C#N)=CC=C1Oc2ccc(-c3ccccc3)cc2N1CCC[N+](C)(CCO)CCNC(C)=O)c1ccccc1. The standard InChI is InChI=1S/C37H36N6O3/c1-28(45)41-19-22-43(3,23-24-44)21-10-20-42-34-25-31(29-11-6-4-7-12-29)15-17-35(34)46-36(42)18-16-32(26-38)37(33(27-39)40-2)30-13-8-5-9-14-30/h4-9,11-18,25,44H,10,19-24H2,1,3H3/p+1. The quantitative estimate of drug-likeness (QED) is 0.111. The summed E-state index contributed by atoms with van der Waals surface area (Å²) in [6, 6.07) is 29.2. The van der Waals surface area contributed by atoms with Crippen molar-refractivity contribution in [3.8, 4) is 29.0 Å². The predicted molar refractivity (Wildman–Crippen MR) is 178 cm³/mol. The number of aliphatic hydroxyl groups is 1. The number of anilines is 1. The van der Waals surface area contributed by atoms with E-state index in [2.05, 4.69) is 46.4 Å². The van der Waals surface area contributed by atoms with Gasteiger partial charge in [-0.3, -0.25) is 4.79 Å². The number of nitriles is 2. The number of nitrogens with zero attached hydrogens (tertiary/aromatic N) is 5. The number of amides is 1. The van der Waals surface area contributed by atoms with Crippen LogP contribution in [0, 0.1) is 29.2 Å². The van der Waals surface area contributed by atoms with E-state index in [4.69, 9.17) is 11.3 Å². The second-order valence-electron chi connectivity index (χ2n) is 11.2. The molecule has 1 atom stereocenters. The number of hydrogen-bond acceptors (Lipinski definition) is 6. The molecule has 0 saturated heterocycles. The maximum Gasteiger partial charge on any atom is 0.270 e. The zero-order valence-corrected chi connectivity index (χ0v) is 26.1. The molecule has 0 radical (unpaired) electrons. The Morgan fingerprint density at radius 1 is 1.02 bits per heavy atom. The van der Waals surface area contributed by atoms with Crippen LogP contribution in [0.3, 0.4) is 0 Å². The van der Waals surface area contributed by atoms with Gasteiger partial charge in [0.2, 0.25) is 11.8 Å². The van der Waals surface area contributed by atoms with Gasteiger partial charge in [0.15, 0.2) is 5.75 Å². The average Bonchev–Trinajstić information content (AvgIpc) is 3.41. The van der Waals surface area contributed by atoms with Gasteiger partial charge < -0.3 is 24.5 Å². The predicted octanol–water partition coefficient (Wildman–Crippen LogP) is 5.66. The van der Waals surface area contributed by atoms with E-state index in [0.717, 1.165) is 29.8 Å². The van der Waals surface area contributed by atoms with Crippen LogP contribution in [0.2, 0.25) is 0 Å². The molecule has 0 saturated carbocycles. The number of likely N-dealkylation sites (N-methyl/N-ethyl adjacent to an activating group) is 1. The van der Waals surface area contributed by atoms with E-state index in [-0.39, 0.29) is 29.4 Å². The van der Waals surface area contributed by atoms with Gasteiger partial charge in [-0.25, -0.2) is 10.1 Å². The van der Waals surface area contributed by atoms with Crippen LogP contribution in [0.1, 0.15) is 18.9 Å². The minimum atomic E-state index is -0.169. The Hall–Kier alpha value is -5.66. The summed E-state index contributed by atoms with van der Waals surface area (Å²) in [6.07, 6.45) is 4.05. The van der Waals surface area contributed by atoms with Gasteiger partial charge in [-0.05, 0) is 34.9 Å². The highest BCUT2D eigenvalue weighted by Gasteiger charge is 2.28. The van der Waals surface area contributed by atoms with Gasteiger partial charge in [-0.15, -0.1) is 0 Å². The van der Waals surface area contributed by atoms with Crippen molar-refractivity contribution in [2.75, 3.05) is 51.3 Å². The summed E-state index contributed by atoms with van der Waals surface area (Å²) < 4.78 is 6.91. The molecular formula is C37H37N6O3+. The second-order valence-corrected chi connectivity index (χ2v) is 11.2. The van der Waals surface area contributed by atoms with Crippen LogP contribution >= 0.6 is 0 Å². The molecule has 9 nitrogen and oxygen atoms in total. The second kappa shape index (κ2) is 15.9. The number of carbonyl (C=O) groups is 1. The minimum absolute atomic E-state index is 0.0338. The smallest absolute Gasteiger partial charge is 0.270 e. The Balaban J connectivity index is 1.70. The first kappa shape index (κ1) is 33.2. The summed E-state index contributed by atoms with van der Waals surface area (Å²) in [5, 5.41) is 32.5. The van der Waals surface area contributed by atoms with E-state index in [1.165, 1.54) is 6.92 Å². The Kier molecular flexibility index (Phi) is 11.5. The molecule has 1 amide bonds. The molecule has 3 aromatic carbocycles. The summed E-state index contributed by atoms with van der Waals surface area (Å²) in [5.74, 6) is 1.10. The lowest BCUT2D eigenvalue weighted by molar-refractivity contribution is -0.908. The third-order valence-corrected chi connectivity index (χ3v) is 7.88. The van der Waals surface area contributed by atoms with Crippen molar-refractivity contribution in [1.29, 1.82) is 10.5 Å². The number of allylic oxidation sites excluding steroid dienone is 5. The molecular weight excluding hydrogens is 576 g/mol. The van der Waals surface area contributed by atoms with Crippen LogP contribution in [0.25, 0.3) is 21.5 Å². The van der Waals surface area contributed by atoms with Crippen molar-refractivity contribution in [2.24, 2.45) is 0 Å². The lowest BCUT2D eigenvalue weighted by Gasteiger charge is -2.34. The maximum atomic E-state index is 11.4. The summed E-state index contributed by atoms with van der Waals surface area (Å²) in [5.41, 5.74) is 3.85. The summed E-state index contributed by atoms with van der Waals surface area (Å²) in [4.78, 5) is 16.9. The lowest BCUT2D eigenvalue weighted by Crippen LogP contribution is -2.51. The van der Waals surface area contributed by atoms with Gasteiger partial charge in [0.25, 0.3) is 5.70 Å². The highest BCUT2D eigenvalue weighted by Crippen LogP contribution is 2.42. The fourth-order valence-electron chi connectivity index (χ4n) is 5.45. The van der Waals surface area contributed by atoms with Crippen molar-refractivity contribution < 1.29 is 19.1 Å². The largest absolute Gasteiger partial charge is 0.439 e. The highest BCUT2D eigenvalue weighted by atomic mass is 16.5. The van der Waals surface area contributed by atoms with Gasteiger partial charge in [-0.2, -0.15) is 5.26 Å². The summed E-state index contributed by atoms with van der Waals surface area (Å²) in [7, 11) is 2.07. The van der Waals surface area contributed by atoms with E-state index in [9.17, 15) is 20.4 Å². The van der Waals surface area contributed by atoms with E-state index >= 15 is 0 Å². The van der Waals surface area contributed by atoms with Crippen LogP contribution in [0.15, 0.2) is 108 Å². The first-order chi connectivity index (χ1) is 22.3. The summed E-state index contributed by atoms with van der Waals surface area (Å²) >= 11 is 0. The van der Waals surface area contributed by atoms with Gasteiger partial charge in [-0.1, -0.05) is 66.7 Å². The molecule has 1 unspecified atom stereocenters. The molecule has 2 N–H and O–H groups in total. The molecule has 3 aromatic rings. The van der Waals surface area contributed by atoms with Gasteiger partial charge >= 0.3 is 0 Å². The fourth-order valence-corrected chi connectivity index (χ4v) is 5.45. The number of carbonyl (C=O) groups excluding carboxylic acids is 1. The normalized spacial score (nSPS) is 15.0. The molecule has 0 aliphatic carbocycles. The number of ether oxygens (including phenoxy) is 1. The van der Waals surface area contributed by atoms with E-state index in [0.29, 0.717) is 47.9 Å². The van der Waals surface area contributed by atoms with Crippen LogP contribution in [0.4, 0.5) is 5.69 Å². The topological polar surface area (TPSA) is 114 Å². The molecule has 232 valence electrons. The van der Waals surface area contributed by atoms with Crippen molar-refractivity contribution >= 4 is 17.2 Å². The molecule has 0 bridgehead atoms. The Morgan fingerprint density at radius 3 is 2.37 bits per heavy atom. The Bertz CT molecular complexity index is 1740. The average molecular weight is 614 g/mol. The van der Waals surface area contributed by atoms with Crippen LogP contribution in [-0.4, -0.2) is 61.9 Å². The van der Waals surface area contributed by atoms with Crippen molar-refractivity contribution in [3.63, 3.8) is 0 Å². The minimum Gasteiger partial charge on any atom is -0.439 e. The molecule has 0 fully saturated rings. The molecule has 46 heavy (non-hydrogen) atoms. The Labute approximate surface area is 270 Å². The first-order valence-corrected chi connectivity index (χ1v) is 15.1. The maximum absolute atomic E-state index is 11.4. The molecule has 1 aliphatic heterocycles. The number of fused-ring (bicyclic) bond motifs is 1. The zero-order valence-electron chi connectivity index (χ0n) is 26.1. The lowest BCUT2D eigenvalue weighted by atomic mass is 9.96. The van der Waals surface area contributed by atoms with Crippen LogP contribution in [-0.2, 0) is 4.79 Å². The monoisotopic (exact) mass is 613 g/mol.